The normalized spacial score (nSPS) is 30.5. The Bertz CT molecular complexity index is 562. The van der Waals surface area contributed by atoms with Crippen LogP contribution in [0.2, 0.25) is 0 Å². The number of aliphatic hydroxyl groups is 5. The molecule has 5 N–H and O–H groups in total. The molecule has 0 amide bonds. The van der Waals surface area contributed by atoms with Crippen molar-refractivity contribution in [2.24, 2.45) is 5.92 Å². The van der Waals surface area contributed by atoms with Gasteiger partial charge in [0.25, 0.3) is 0 Å². The Labute approximate surface area is 164 Å². The number of rotatable bonds is 10. The monoisotopic (exact) mass is 404 g/mol. The van der Waals surface area contributed by atoms with Crippen molar-refractivity contribution in [1.82, 2.24) is 0 Å². The minimum Gasteiger partial charge on any atom is -0.454 e. The second-order valence-corrected chi connectivity index (χ2v) is 7.48. The van der Waals surface area contributed by atoms with Gasteiger partial charge in [0, 0.05) is 6.08 Å². The minimum absolute atomic E-state index is 0.473. The average Bonchev–Trinajstić information content (AvgIpc) is 2.84. The molecule has 1 saturated heterocycles. The number of ether oxygens (including phenoxy) is 2. The van der Waals surface area contributed by atoms with Crippen molar-refractivity contribution < 1.29 is 44.6 Å². The average molecular weight is 404 g/mol. The summed E-state index contributed by atoms with van der Waals surface area (Å²) in [4.78, 5) is 23.7. The molecule has 0 bridgehead atoms. The van der Waals surface area contributed by atoms with Crippen LogP contribution in [-0.4, -0.2) is 79.7 Å². The molecule has 1 aliphatic rings. The summed E-state index contributed by atoms with van der Waals surface area (Å²) in [6, 6.07) is 0. The zero-order valence-corrected chi connectivity index (χ0v) is 16.7. The second-order valence-electron chi connectivity index (χ2n) is 7.48. The van der Waals surface area contributed by atoms with Crippen molar-refractivity contribution in [2.45, 2.75) is 89.2 Å². The molecule has 28 heavy (non-hydrogen) atoms. The number of unbranched alkanes of at least 4 members (excludes halogenated alkanes) is 1. The lowest BCUT2D eigenvalue weighted by Crippen LogP contribution is -2.58. The maximum atomic E-state index is 12.0. The van der Waals surface area contributed by atoms with Gasteiger partial charge >= 0.3 is 11.9 Å². The molecule has 0 aromatic carbocycles. The number of carbonyl (C=O) groups is 2. The van der Waals surface area contributed by atoms with Crippen LogP contribution in [0.4, 0.5) is 0 Å². The van der Waals surface area contributed by atoms with Gasteiger partial charge in [0.15, 0.2) is 11.7 Å². The number of aliphatic hydroxyl groups excluding tert-OH is 5. The predicted octanol–water partition coefficient (Wildman–Crippen LogP) is -0.579. The highest BCUT2D eigenvalue weighted by molar-refractivity contribution is 5.82. The zero-order valence-electron chi connectivity index (χ0n) is 16.7. The summed E-state index contributed by atoms with van der Waals surface area (Å²) in [5, 5.41) is 50.7. The zero-order chi connectivity index (χ0) is 21.6. The van der Waals surface area contributed by atoms with Crippen molar-refractivity contribution in [3.05, 3.63) is 12.2 Å². The number of cyclic esters (lactones) is 1. The van der Waals surface area contributed by atoms with Gasteiger partial charge in [0.1, 0.15) is 18.3 Å². The predicted molar refractivity (Wildman–Crippen MR) is 97.9 cm³/mol. The lowest BCUT2D eigenvalue weighted by molar-refractivity contribution is -0.201. The highest BCUT2D eigenvalue weighted by Gasteiger charge is 2.57. The third-order valence-corrected chi connectivity index (χ3v) is 5.04. The van der Waals surface area contributed by atoms with Gasteiger partial charge in [0.05, 0.1) is 18.1 Å². The molecule has 0 spiro atoms. The Balaban J connectivity index is 2.83. The van der Waals surface area contributed by atoms with E-state index in [1.807, 2.05) is 6.92 Å². The van der Waals surface area contributed by atoms with Gasteiger partial charge in [-0.05, 0) is 33.3 Å². The first kappa shape index (κ1) is 24.5. The van der Waals surface area contributed by atoms with Crippen molar-refractivity contribution >= 4 is 11.9 Å². The summed E-state index contributed by atoms with van der Waals surface area (Å²) in [6.45, 7) is 5.87. The standard InChI is InChI=1S/C19H32O9/c1-5-6-7-12(21)8-9-13(22)27-15(11(3)20)14(23)17(25)19(4)16(24)10(2)18(26)28-19/h8-12,14-17,20-21,23-25H,5-7H2,1-4H3/b9-8+/t10-,11-,12-,14+,15-,16+,17+,19+/m1/s1. The van der Waals surface area contributed by atoms with E-state index in [2.05, 4.69) is 0 Å². The van der Waals surface area contributed by atoms with Crippen molar-refractivity contribution in [2.75, 3.05) is 0 Å². The Morgan fingerprint density at radius 2 is 1.93 bits per heavy atom. The van der Waals surface area contributed by atoms with Crippen molar-refractivity contribution in [3.8, 4) is 0 Å². The Hall–Kier alpha value is -1.52. The van der Waals surface area contributed by atoms with E-state index in [-0.39, 0.29) is 0 Å². The van der Waals surface area contributed by atoms with Crippen LogP contribution in [0.15, 0.2) is 12.2 Å². The number of esters is 2. The Kier molecular flexibility index (Phi) is 9.03. The summed E-state index contributed by atoms with van der Waals surface area (Å²) in [6.07, 6.45) is -4.48. The van der Waals surface area contributed by atoms with Gasteiger partial charge in [0.2, 0.25) is 0 Å². The lowest BCUT2D eigenvalue weighted by Gasteiger charge is -2.37. The fraction of sp³-hybridized carbons (Fsp3) is 0.789. The third-order valence-electron chi connectivity index (χ3n) is 5.04. The van der Waals surface area contributed by atoms with Crippen LogP contribution >= 0.6 is 0 Å². The smallest absolute Gasteiger partial charge is 0.330 e. The molecule has 0 aromatic heterocycles. The molecule has 1 fully saturated rings. The molecule has 1 rings (SSSR count). The molecule has 0 aromatic rings. The number of hydrogen-bond donors (Lipinski definition) is 5. The van der Waals surface area contributed by atoms with Gasteiger partial charge in [-0.3, -0.25) is 4.79 Å². The van der Waals surface area contributed by atoms with Crippen LogP contribution in [-0.2, 0) is 19.1 Å². The summed E-state index contributed by atoms with van der Waals surface area (Å²) >= 11 is 0. The van der Waals surface area contributed by atoms with Crippen LogP contribution in [0.1, 0.15) is 47.0 Å². The minimum atomic E-state index is -1.85. The molecule has 162 valence electrons. The maximum absolute atomic E-state index is 12.0. The van der Waals surface area contributed by atoms with Crippen LogP contribution in [0, 0.1) is 5.92 Å². The van der Waals surface area contributed by atoms with E-state index in [4.69, 9.17) is 9.47 Å². The first-order chi connectivity index (χ1) is 13.0. The van der Waals surface area contributed by atoms with Crippen LogP contribution in [0.3, 0.4) is 0 Å². The van der Waals surface area contributed by atoms with Crippen LogP contribution in [0.25, 0.3) is 0 Å². The van der Waals surface area contributed by atoms with E-state index < -0.39 is 60.1 Å². The highest BCUT2D eigenvalue weighted by atomic mass is 16.6. The fourth-order valence-electron chi connectivity index (χ4n) is 3.08. The van der Waals surface area contributed by atoms with Gasteiger partial charge in [-0.15, -0.1) is 0 Å². The van der Waals surface area contributed by atoms with E-state index in [1.54, 1.807) is 0 Å². The largest absolute Gasteiger partial charge is 0.454 e. The highest BCUT2D eigenvalue weighted by Crippen LogP contribution is 2.36. The molecule has 9 nitrogen and oxygen atoms in total. The molecule has 1 aliphatic heterocycles. The molecular formula is C19H32O9. The van der Waals surface area contributed by atoms with Crippen LogP contribution < -0.4 is 0 Å². The van der Waals surface area contributed by atoms with E-state index in [9.17, 15) is 35.1 Å². The number of hydrogen-bond acceptors (Lipinski definition) is 9. The lowest BCUT2D eigenvalue weighted by atomic mass is 9.83. The Morgan fingerprint density at radius 1 is 1.32 bits per heavy atom. The van der Waals surface area contributed by atoms with Gasteiger partial charge < -0.3 is 35.0 Å². The number of carbonyl (C=O) groups excluding carboxylic acids is 2. The SMILES string of the molecule is CCCC[C@@H](O)/C=C/C(=O)O[C@@H]([C@H](O)[C@H](O)[C@@]1(C)OC(=O)[C@H](C)[C@@H]1O)[C@@H](C)O. The first-order valence-corrected chi connectivity index (χ1v) is 9.47. The first-order valence-electron chi connectivity index (χ1n) is 9.47. The maximum Gasteiger partial charge on any atom is 0.330 e. The third kappa shape index (κ3) is 5.74. The molecule has 0 radical (unpaired) electrons. The second kappa shape index (κ2) is 10.3. The molecule has 1 heterocycles. The summed E-state index contributed by atoms with van der Waals surface area (Å²) in [7, 11) is 0. The summed E-state index contributed by atoms with van der Waals surface area (Å²) < 4.78 is 10.1. The van der Waals surface area contributed by atoms with E-state index in [0.717, 1.165) is 18.9 Å². The van der Waals surface area contributed by atoms with Crippen molar-refractivity contribution in [1.29, 1.82) is 0 Å². The topological polar surface area (TPSA) is 154 Å². The molecular weight excluding hydrogens is 372 g/mol. The molecule has 0 saturated carbocycles. The fourth-order valence-corrected chi connectivity index (χ4v) is 3.08. The molecule has 9 heteroatoms. The summed E-state index contributed by atoms with van der Waals surface area (Å²) in [5.41, 5.74) is -1.83. The quantitative estimate of drug-likeness (QED) is 0.238. The van der Waals surface area contributed by atoms with Crippen molar-refractivity contribution in [3.63, 3.8) is 0 Å². The van der Waals surface area contributed by atoms with Gasteiger partial charge in [-0.1, -0.05) is 19.8 Å². The van der Waals surface area contributed by atoms with E-state index >= 15 is 0 Å². The van der Waals surface area contributed by atoms with Gasteiger partial charge in [-0.2, -0.15) is 0 Å². The Morgan fingerprint density at radius 3 is 2.39 bits per heavy atom. The molecule has 8 atom stereocenters. The van der Waals surface area contributed by atoms with E-state index in [1.165, 1.54) is 26.8 Å². The van der Waals surface area contributed by atoms with Gasteiger partial charge in [-0.25, -0.2) is 4.79 Å². The van der Waals surface area contributed by atoms with Crippen LogP contribution in [0.5, 0.6) is 0 Å². The van der Waals surface area contributed by atoms with E-state index in [0.29, 0.717) is 6.42 Å². The summed E-state index contributed by atoms with van der Waals surface area (Å²) in [5.74, 6) is -2.59. The molecule has 0 aliphatic carbocycles. The molecule has 0 unspecified atom stereocenters.